The maximum atomic E-state index is 12.9. The third-order valence-electron chi connectivity index (χ3n) is 6.87. The fourth-order valence-electron chi connectivity index (χ4n) is 5.28. The van der Waals surface area contributed by atoms with Crippen LogP contribution in [0.5, 0.6) is 0 Å². The van der Waals surface area contributed by atoms with Gasteiger partial charge in [0.15, 0.2) is 11.4 Å². The van der Waals surface area contributed by atoms with Crippen molar-refractivity contribution < 1.29 is 19.4 Å². The molecule has 142 valence electrons. The Bertz CT molecular complexity index is 726. The molecule has 2 aliphatic carbocycles. The first kappa shape index (κ1) is 18.0. The molecule has 1 saturated heterocycles. The van der Waals surface area contributed by atoms with Gasteiger partial charge in [-0.25, -0.2) is 0 Å². The zero-order valence-electron chi connectivity index (χ0n) is 16.3. The van der Waals surface area contributed by atoms with Crippen LogP contribution in [0.3, 0.4) is 0 Å². The average molecular weight is 358 g/mol. The van der Waals surface area contributed by atoms with Gasteiger partial charge in [-0.05, 0) is 59.3 Å². The Labute approximate surface area is 155 Å². The number of ketones is 1. The molecule has 0 spiro atoms. The largest absolute Gasteiger partial charge is 0.488 e. The molecule has 2 aliphatic heterocycles. The highest BCUT2D eigenvalue weighted by atomic mass is 16.6. The minimum Gasteiger partial charge on any atom is -0.488 e. The standard InChI is InChI=1S/C22H30O4/c1-13(2)6-5-7-14(3)15-8-9-21(4)17(15)10-16-19(26-21)18-11-22(24,12-25-18)20(16)23/h6-7,15,17-18,24H,5,8-12H2,1-4H3/b14-7-/t15-,17-,18-,21+,22+/m0/s1. The summed E-state index contributed by atoms with van der Waals surface area (Å²) >= 11 is 0. The molecule has 0 radical (unpaired) electrons. The molecule has 5 atom stereocenters. The second kappa shape index (κ2) is 6.07. The Morgan fingerprint density at radius 1 is 1.31 bits per heavy atom. The molecule has 4 rings (SSSR count). The number of ether oxygens (including phenoxy) is 2. The molecule has 0 aromatic rings. The Balaban J connectivity index is 1.61. The molecular formula is C22H30O4. The molecular weight excluding hydrogens is 328 g/mol. The topological polar surface area (TPSA) is 55.8 Å². The number of hydrogen-bond acceptors (Lipinski definition) is 4. The van der Waals surface area contributed by atoms with Crippen LogP contribution in [0.1, 0.15) is 59.8 Å². The van der Waals surface area contributed by atoms with Gasteiger partial charge in [0.1, 0.15) is 17.5 Å². The fraction of sp³-hybridized carbons (Fsp3) is 0.682. The smallest absolute Gasteiger partial charge is 0.196 e. The number of Topliss-reactive ketones (excluding diaryl/α,β-unsaturated/α-hetero) is 1. The Morgan fingerprint density at radius 3 is 2.81 bits per heavy atom. The van der Waals surface area contributed by atoms with Crippen molar-refractivity contribution in [1.29, 1.82) is 0 Å². The molecule has 4 aliphatic rings. The van der Waals surface area contributed by atoms with Crippen molar-refractivity contribution in [2.75, 3.05) is 6.61 Å². The lowest BCUT2D eigenvalue weighted by Gasteiger charge is -2.44. The lowest BCUT2D eigenvalue weighted by molar-refractivity contribution is -0.136. The lowest BCUT2D eigenvalue weighted by Crippen LogP contribution is -2.49. The van der Waals surface area contributed by atoms with Gasteiger partial charge in [0.05, 0.1) is 6.61 Å². The molecule has 4 heteroatoms. The van der Waals surface area contributed by atoms with Crippen LogP contribution in [-0.2, 0) is 14.3 Å². The highest BCUT2D eigenvalue weighted by Gasteiger charge is 2.59. The van der Waals surface area contributed by atoms with Crippen molar-refractivity contribution in [2.24, 2.45) is 11.8 Å². The molecule has 0 aromatic carbocycles. The molecule has 1 saturated carbocycles. The average Bonchev–Trinajstić information content (AvgIpc) is 3.10. The van der Waals surface area contributed by atoms with Gasteiger partial charge >= 0.3 is 0 Å². The fourth-order valence-corrected chi connectivity index (χ4v) is 5.28. The van der Waals surface area contributed by atoms with Crippen molar-refractivity contribution in [3.8, 4) is 0 Å². The Kier molecular flexibility index (Phi) is 4.20. The van der Waals surface area contributed by atoms with E-state index in [0.717, 1.165) is 19.3 Å². The van der Waals surface area contributed by atoms with Gasteiger partial charge in [-0.15, -0.1) is 0 Å². The van der Waals surface area contributed by atoms with E-state index in [1.54, 1.807) is 0 Å². The third kappa shape index (κ3) is 2.69. The summed E-state index contributed by atoms with van der Waals surface area (Å²) in [5.74, 6) is 1.26. The van der Waals surface area contributed by atoms with Crippen LogP contribution in [-0.4, -0.2) is 34.8 Å². The normalized spacial score (nSPS) is 41.7. The van der Waals surface area contributed by atoms with Crippen molar-refractivity contribution in [2.45, 2.75) is 77.1 Å². The van der Waals surface area contributed by atoms with E-state index in [1.807, 2.05) is 0 Å². The van der Waals surface area contributed by atoms with Crippen molar-refractivity contribution >= 4 is 5.78 Å². The van der Waals surface area contributed by atoms with Crippen molar-refractivity contribution in [3.05, 3.63) is 34.6 Å². The van der Waals surface area contributed by atoms with E-state index in [2.05, 4.69) is 39.8 Å². The number of allylic oxidation sites excluding steroid dienone is 4. The Morgan fingerprint density at radius 2 is 2.08 bits per heavy atom. The predicted molar refractivity (Wildman–Crippen MR) is 99.5 cm³/mol. The van der Waals surface area contributed by atoms with E-state index >= 15 is 0 Å². The van der Waals surface area contributed by atoms with Crippen LogP contribution in [0.2, 0.25) is 0 Å². The first-order chi connectivity index (χ1) is 12.2. The van der Waals surface area contributed by atoms with Crippen LogP contribution in [0.4, 0.5) is 0 Å². The van der Waals surface area contributed by atoms with Gasteiger partial charge in [-0.1, -0.05) is 23.3 Å². The van der Waals surface area contributed by atoms with E-state index in [1.165, 1.54) is 11.1 Å². The molecule has 0 aromatic heterocycles. The SMILES string of the molecule is CC(C)=CC/C=C(/C)[C@@H]1CC[C@@]2(C)OC3=C(C[C@@H]12)C(=O)[C@]1(O)CO[C@H]3C1. The zero-order chi connectivity index (χ0) is 18.7. The number of carbonyl (C=O) groups excluding carboxylic acids is 1. The summed E-state index contributed by atoms with van der Waals surface area (Å²) < 4.78 is 12.1. The lowest BCUT2D eigenvalue weighted by atomic mass is 9.72. The summed E-state index contributed by atoms with van der Waals surface area (Å²) in [5.41, 5.74) is 1.84. The Hall–Kier alpha value is -1.39. The van der Waals surface area contributed by atoms with Crippen LogP contribution in [0, 0.1) is 11.8 Å². The zero-order valence-corrected chi connectivity index (χ0v) is 16.3. The summed E-state index contributed by atoms with van der Waals surface area (Å²) in [5, 5.41) is 10.6. The third-order valence-corrected chi connectivity index (χ3v) is 6.87. The highest BCUT2D eigenvalue weighted by molar-refractivity contribution is 6.04. The number of fused-ring (bicyclic) bond motifs is 4. The van der Waals surface area contributed by atoms with Gasteiger partial charge in [0, 0.05) is 17.9 Å². The van der Waals surface area contributed by atoms with E-state index in [-0.39, 0.29) is 30.0 Å². The molecule has 26 heavy (non-hydrogen) atoms. The summed E-state index contributed by atoms with van der Waals surface area (Å²) in [7, 11) is 0. The predicted octanol–water partition coefficient (Wildman–Crippen LogP) is 3.85. The van der Waals surface area contributed by atoms with Crippen molar-refractivity contribution in [1.82, 2.24) is 0 Å². The van der Waals surface area contributed by atoms with Gasteiger partial charge in [-0.2, -0.15) is 0 Å². The molecule has 0 unspecified atom stereocenters. The first-order valence-corrected chi connectivity index (χ1v) is 9.84. The summed E-state index contributed by atoms with van der Waals surface area (Å²) in [6, 6.07) is 0. The van der Waals surface area contributed by atoms with Gasteiger partial charge in [0.2, 0.25) is 0 Å². The van der Waals surface area contributed by atoms with Crippen molar-refractivity contribution in [3.63, 3.8) is 0 Å². The molecule has 2 bridgehead atoms. The minimum absolute atomic E-state index is 0.0965. The summed E-state index contributed by atoms with van der Waals surface area (Å²) in [6.07, 6.45) is 8.39. The second-order valence-corrected chi connectivity index (χ2v) is 9.04. The van der Waals surface area contributed by atoms with Crippen LogP contribution in [0.15, 0.2) is 34.6 Å². The molecule has 4 nitrogen and oxygen atoms in total. The monoisotopic (exact) mass is 358 g/mol. The first-order valence-electron chi connectivity index (χ1n) is 9.84. The molecule has 2 heterocycles. The van der Waals surface area contributed by atoms with E-state index in [4.69, 9.17) is 9.47 Å². The highest BCUT2D eigenvalue weighted by Crippen LogP contribution is 2.55. The number of hydrogen-bond donors (Lipinski definition) is 1. The maximum absolute atomic E-state index is 12.9. The number of aliphatic hydroxyl groups is 1. The van der Waals surface area contributed by atoms with Crippen LogP contribution in [0.25, 0.3) is 0 Å². The maximum Gasteiger partial charge on any atom is 0.196 e. The van der Waals surface area contributed by atoms with Crippen LogP contribution < -0.4 is 0 Å². The summed E-state index contributed by atoms with van der Waals surface area (Å²) in [4.78, 5) is 12.9. The van der Waals surface area contributed by atoms with Crippen LogP contribution >= 0.6 is 0 Å². The van der Waals surface area contributed by atoms with E-state index < -0.39 is 5.60 Å². The van der Waals surface area contributed by atoms with Gasteiger partial charge in [-0.3, -0.25) is 4.79 Å². The number of carbonyl (C=O) groups is 1. The summed E-state index contributed by atoms with van der Waals surface area (Å²) in [6.45, 7) is 8.73. The number of rotatable bonds is 3. The van der Waals surface area contributed by atoms with E-state index in [0.29, 0.717) is 30.1 Å². The van der Waals surface area contributed by atoms with Gasteiger partial charge in [0.25, 0.3) is 0 Å². The van der Waals surface area contributed by atoms with E-state index in [9.17, 15) is 9.90 Å². The molecule has 2 fully saturated rings. The van der Waals surface area contributed by atoms with Gasteiger partial charge < -0.3 is 14.6 Å². The molecule has 0 amide bonds. The quantitative estimate of drug-likeness (QED) is 0.779. The minimum atomic E-state index is -1.33. The second-order valence-electron chi connectivity index (χ2n) is 9.04. The molecule has 1 N–H and O–H groups in total.